The van der Waals surface area contributed by atoms with Gasteiger partial charge in [-0.3, -0.25) is 19.4 Å². The molecule has 8 heteroatoms. The normalized spacial score (nSPS) is 19.8. The number of aromatic nitrogens is 1. The molecule has 4 rings (SSSR count). The topological polar surface area (TPSA) is 73.8 Å². The Balaban J connectivity index is 1.53. The number of rotatable bonds is 3. The molecule has 2 saturated heterocycles. The number of benzene rings is 1. The van der Waals surface area contributed by atoms with Crippen LogP contribution in [0.15, 0.2) is 48.8 Å². The summed E-state index contributed by atoms with van der Waals surface area (Å²) in [5, 5.41) is 0. The zero-order valence-corrected chi connectivity index (χ0v) is 15.8. The number of hydrogen-bond acceptors (Lipinski definition) is 4. The van der Waals surface area contributed by atoms with E-state index in [9.17, 15) is 18.8 Å². The van der Waals surface area contributed by atoms with Gasteiger partial charge in [0.25, 0.3) is 5.91 Å². The second-order valence-electron chi connectivity index (χ2n) is 7.26. The molecule has 0 N–H and O–H groups in total. The summed E-state index contributed by atoms with van der Waals surface area (Å²) >= 11 is 0. The van der Waals surface area contributed by atoms with Gasteiger partial charge in [0.2, 0.25) is 11.8 Å². The Morgan fingerprint density at radius 2 is 1.79 bits per heavy atom. The molecule has 2 aliphatic heterocycles. The van der Waals surface area contributed by atoms with Crippen LogP contribution in [0.1, 0.15) is 22.3 Å². The molecular weight excluding hydrogens is 375 g/mol. The Bertz CT molecular complexity index is 919. The van der Waals surface area contributed by atoms with Crippen LogP contribution < -0.4 is 0 Å². The molecule has 29 heavy (non-hydrogen) atoms. The smallest absolute Gasteiger partial charge is 0.254 e. The highest BCUT2D eigenvalue weighted by atomic mass is 19.1. The maximum Gasteiger partial charge on any atom is 0.254 e. The van der Waals surface area contributed by atoms with E-state index >= 15 is 0 Å². The summed E-state index contributed by atoms with van der Waals surface area (Å²) in [4.78, 5) is 47.3. The van der Waals surface area contributed by atoms with E-state index in [0.29, 0.717) is 25.1 Å². The molecule has 0 radical (unpaired) electrons. The third-order valence-corrected chi connectivity index (χ3v) is 5.34. The van der Waals surface area contributed by atoms with Crippen molar-refractivity contribution in [3.8, 4) is 0 Å². The van der Waals surface area contributed by atoms with Crippen molar-refractivity contribution in [2.75, 3.05) is 26.2 Å². The van der Waals surface area contributed by atoms with Crippen LogP contribution in [0.5, 0.6) is 0 Å². The molecule has 1 atom stereocenters. The van der Waals surface area contributed by atoms with Crippen molar-refractivity contribution in [3.05, 3.63) is 65.7 Å². The lowest BCUT2D eigenvalue weighted by Crippen LogP contribution is -2.61. The summed E-state index contributed by atoms with van der Waals surface area (Å²) in [6.07, 6.45) is 3.72. The van der Waals surface area contributed by atoms with E-state index in [1.54, 1.807) is 46.5 Å². The maximum absolute atomic E-state index is 13.1. The number of halogens is 1. The molecule has 0 bridgehead atoms. The number of carbonyl (C=O) groups is 3. The summed E-state index contributed by atoms with van der Waals surface area (Å²) in [5.41, 5.74) is 1.26. The maximum atomic E-state index is 13.1. The highest BCUT2D eigenvalue weighted by Gasteiger charge is 2.42. The van der Waals surface area contributed by atoms with Gasteiger partial charge in [-0.05, 0) is 36.2 Å². The Labute approximate surface area is 167 Å². The van der Waals surface area contributed by atoms with Crippen molar-refractivity contribution in [3.63, 3.8) is 0 Å². The minimum Gasteiger partial charge on any atom is -0.336 e. The number of amides is 3. The average molecular weight is 396 g/mol. The molecule has 0 saturated carbocycles. The number of hydrogen-bond donors (Lipinski definition) is 0. The van der Waals surface area contributed by atoms with E-state index < -0.39 is 6.04 Å². The molecule has 1 unspecified atom stereocenters. The molecule has 1 aromatic carbocycles. The van der Waals surface area contributed by atoms with Gasteiger partial charge < -0.3 is 14.7 Å². The van der Waals surface area contributed by atoms with Crippen LogP contribution in [0.3, 0.4) is 0 Å². The highest BCUT2D eigenvalue weighted by molar-refractivity contribution is 5.97. The average Bonchev–Trinajstić information content (AvgIpc) is 2.97. The van der Waals surface area contributed by atoms with Gasteiger partial charge in [-0.25, -0.2) is 4.39 Å². The standard InChI is InChI=1S/C21H21FN4O3/c22-17-4-2-15(3-5-17)12-25-14-19(27)26-11-1-10-24(13-18(26)21(25)29)20(28)16-6-8-23-9-7-16/h2-9,18H,1,10-14H2. The van der Waals surface area contributed by atoms with Gasteiger partial charge in [0, 0.05) is 37.6 Å². The number of pyridine rings is 1. The van der Waals surface area contributed by atoms with Gasteiger partial charge >= 0.3 is 0 Å². The summed E-state index contributed by atoms with van der Waals surface area (Å²) in [6, 6.07) is 8.44. The summed E-state index contributed by atoms with van der Waals surface area (Å²) in [6.45, 7) is 1.30. The predicted octanol–water partition coefficient (Wildman–Crippen LogP) is 1.31. The second-order valence-corrected chi connectivity index (χ2v) is 7.26. The molecule has 2 aliphatic rings. The van der Waals surface area contributed by atoms with E-state index in [-0.39, 0.29) is 43.2 Å². The van der Waals surface area contributed by atoms with Crippen molar-refractivity contribution < 1.29 is 18.8 Å². The van der Waals surface area contributed by atoms with Crippen molar-refractivity contribution >= 4 is 17.7 Å². The summed E-state index contributed by atoms with van der Waals surface area (Å²) < 4.78 is 13.1. The molecule has 2 aromatic rings. The molecule has 3 heterocycles. The van der Waals surface area contributed by atoms with Crippen LogP contribution >= 0.6 is 0 Å². The fourth-order valence-electron chi connectivity index (χ4n) is 3.84. The minimum atomic E-state index is -0.704. The Hall–Kier alpha value is -3.29. The van der Waals surface area contributed by atoms with Crippen LogP contribution in [0.2, 0.25) is 0 Å². The van der Waals surface area contributed by atoms with E-state index in [4.69, 9.17) is 0 Å². The molecular formula is C21H21FN4O3. The molecule has 3 amide bonds. The quantitative estimate of drug-likeness (QED) is 0.784. The van der Waals surface area contributed by atoms with Crippen LogP contribution in [0.25, 0.3) is 0 Å². The molecule has 2 fully saturated rings. The third kappa shape index (κ3) is 3.96. The Kier molecular flexibility index (Phi) is 5.24. The zero-order chi connectivity index (χ0) is 20.4. The van der Waals surface area contributed by atoms with Crippen LogP contribution in [0.4, 0.5) is 4.39 Å². The molecule has 0 spiro atoms. The van der Waals surface area contributed by atoms with Crippen molar-refractivity contribution in [2.45, 2.75) is 19.0 Å². The van der Waals surface area contributed by atoms with Gasteiger partial charge in [0.1, 0.15) is 18.4 Å². The number of nitrogens with zero attached hydrogens (tertiary/aromatic N) is 4. The lowest BCUT2D eigenvalue weighted by atomic mass is 10.1. The van der Waals surface area contributed by atoms with Crippen LogP contribution in [-0.2, 0) is 16.1 Å². The predicted molar refractivity (Wildman–Crippen MR) is 102 cm³/mol. The fourth-order valence-corrected chi connectivity index (χ4v) is 3.84. The SMILES string of the molecule is O=C(c1ccncc1)N1CCCN2C(=O)CN(Cc3ccc(F)cc3)C(=O)C2C1. The van der Waals surface area contributed by atoms with E-state index in [0.717, 1.165) is 5.56 Å². The molecule has 150 valence electrons. The van der Waals surface area contributed by atoms with Gasteiger partial charge in [0.05, 0.1) is 6.54 Å². The molecule has 7 nitrogen and oxygen atoms in total. The zero-order valence-electron chi connectivity index (χ0n) is 15.8. The largest absolute Gasteiger partial charge is 0.336 e. The minimum absolute atomic E-state index is 0.00892. The van der Waals surface area contributed by atoms with E-state index in [2.05, 4.69) is 4.98 Å². The number of carbonyl (C=O) groups excluding carboxylic acids is 3. The Morgan fingerprint density at radius 3 is 2.52 bits per heavy atom. The Morgan fingerprint density at radius 1 is 1.07 bits per heavy atom. The first-order valence-electron chi connectivity index (χ1n) is 9.55. The fraction of sp³-hybridized carbons (Fsp3) is 0.333. The van der Waals surface area contributed by atoms with Crippen molar-refractivity contribution in [1.29, 1.82) is 0 Å². The second kappa shape index (κ2) is 7.98. The number of fused-ring (bicyclic) bond motifs is 1. The highest BCUT2D eigenvalue weighted by Crippen LogP contribution is 2.21. The monoisotopic (exact) mass is 396 g/mol. The summed E-state index contributed by atoms with van der Waals surface area (Å²) in [5.74, 6) is -0.849. The van der Waals surface area contributed by atoms with Crippen molar-refractivity contribution in [2.24, 2.45) is 0 Å². The van der Waals surface area contributed by atoms with Gasteiger partial charge in [-0.2, -0.15) is 0 Å². The lowest BCUT2D eigenvalue weighted by Gasteiger charge is -2.40. The van der Waals surface area contributed by atoms with Crippen molar-refractivity contribution in [1.82, 2.24) is 19.7 Å². The first-order chi connectivity index (χ1) is 14.0. The van der Waals surface area contributed by atoms with Gasteiger partial charge in [0.15, 0.2) is 0 Å². The van der Waals surface area contributed by atoms with Gasteiger partial charge in [-0.1, -0.05) is 12.1 Å². The van der Waals surface area contributed by atoms with E-state index in [1.807, 2.05) is 0 Å². The lowest BCUT2D eigenvalue weighted by molar-refractivity contribution is -0.156. The molecule has 1 aromatic heterocycles. The molecule has 0 aliphatic carbocycles. The van der Waals surface area contributed by atoms with E-state index in [1.165, 1.54) is 17.0 Å². The summed E-state index contributed by atoms with van der Waals surface area (Å²) in [7, 11) is 0. The van der Waals surface area contributed by atoms with Gasteiger partial charge in [-0.15, -0.1) is 0 Å². The third-order valence-electron chi connectivity index (χ3n) is 5.34. The first kappa shape index (κ1) is 19.0. The number of piperazine rings is 1. The van der Waals surface area contributed by atoms with Crippen LogP contribution in [-0.4, -0.2) is 69.6 Å². The first-order valence-corrected chi connectivity index (χ1v) is 9.55. The van der Waals surface area contributed by atoms with Crippen LogP contribution in [0, 0.1) is 5.82 Å².